The van der Waals surface area contributed by atoms with Gasteiger partial charge in [0.05, 0.1) is 5.56 Å². The summed E-state index contributed by atoms with van der Waals surface area (Å²) in [6.45, 7) is 0. The molecule has 0 saturated heterocycles. The molecule has 0 spiro atoms. The molecule has 0 atom stereocenters. The summed E-state index contributed by atoms with van der Waals surface area (Å²) < 4.78 is 51.5. The third kappa shape index (κ3) is 2.78. The molecule has 0 unspecified atom stereocenters. The molecule has 2 rings (SSSR count). The predicted molar refractivity (Wildman–Crippen MR) is 69.8 cm³/mol. The first-order valence-corrected chi connectivity index (χ1v) is 5.84. The maximum absolute atomic E-state index is 13.3. The number of hydrogen-bond acceptors (Lipinski definition) is 0. The molecule has 5 heteroatoms. The molecule has 0 saturated carbocycles. The van der Waals surface area contributed by atoms with Crippen LogP contribution < -0.4 is 0 Å². The van der Waals surface area contributed by atoms with Gasteiger partial charge in [-0.2, -0.15) is 13.2 Å². The van der Waals surface area contributed by atoms with Crippen LogP contribution in [0.25, 0.3) is 11.1 Å². The Morgan fingerprint density at radius 1 is 1.00 bits per heavy atom. The number of terminal acetylenes is 1. The molecule has 0 bridgehead atoms. The highest BCUT2D eigenvalue weighted by Gasteiger charge is 2.31. The van der Waals surface area contributed by atoms with Gasteiger partial charge < -0.3 is 0 Å². The van der Waals surface area contributed by atoms with E-state index in [2.05, 4.69) is 5.92 Å². The molecular weight excluding hydrogens is 292 g/mol. The van der Waals surface area contributed by atoms with Gasteiger partial charge in [-0.1, -0.05) is 17.5 Å². The van der Waals surface area contributed by atoms with Crippen molar-refractivity contribution in [1.82, 2.24) is 0 Å². The Labute approximate surface area is 118 Å². The summed E-state index contributed by atoms with van der Waals surface area (Å²) in [4.78, 5) is 0. The summed E-state index contributed by atoms with van der Waals surface area (Å²) in [5.74, 6) is 1.66. The Kier molecular flexibility index (Phi) is 3.74. The lowest BCUT2D eigenvalue weighted by Crippen LogP contribution is -2.05. The van der Waals surface area contributed by atoms with Crippen molar-refractivity contribution in [3.05, 3.63) is 58.4 Å². The first-order chi connectivity index (χ1) is 9.32. The van der Waals surface area contributed by atoms with Crippen molar-refractivity contribution < 1.29 is 17.6 Å². The third-order valence-electron chi connectivity index (χ3n) is 2.72. The molecule has 0 nitrogen and oxygen atoms in total. The van der Waals surface area contributed by atoms with Crippen LogP contribution in [0.1, 0.15) is 11.1 Å². The van der Waals surface area contributed by atoms with Crippen molar-refractivity contribution in [3.8, 4) is 23.5 Å². The van der Waals surface area contributed by atoms with Gasteiger partial charge in [-0.15, -0.1) is 6.42 Å². The van der Waals surface area contributed by atoms with E-state index in [-0.39, 0.29) is 21.7 Å². The van der Waals surface area contributed by atoms with Crippen LogP contribution in [-0.4, -0.2) is 0 Å². The second-order valence-corrected chi connectivity index (χ2v) is 4.43. The molecule has 2 aromatic carbocycles. The molecule has 0 aliphatic heterocycles. The number of hydrogen-bond donors (Lipinski definition) is 0. The summed E-state index contributed by atoms with van der Waals surface area (Å²) in [7, 11) is 0. The highest BCUT2D eigenvalue weighted by Crippen LogP contribution is 2.36. The van der Waals surface area contributed by atoms with E-state index in [1.807, 2.05) is 0 Å². The molecule has 0 radical (unpaired) electrons. The van der Waals surface area contributed by atoms with Crippen LogP contribution in [0.5, 0.6) is 0 Å². The monoisotopic (exact) mass is 298 g/mol. The minimum absolute atomic E-state index is 0.0758. The molecule has 0 heterocycles. The second kappa shape index (κ2) is 5.18. The van der Waals surface area contributed by atoms with Crippen molar-refractivity contribution >= 4 is 11.6 Å². The SMILES string of the molecule is C#Cc1ccc(C(F)(F)F)cc1-c1cc(F)ccc1Cl. The maximum atomic E-state index is 13.3. The van der Waals surface area contributed by atoms with E-state index in [4.69, 9.17) is 18.0 Å². The molecule has 0 N–H and O–H groups in total. The average molecular weight is 299 g/mol. The van der Waals surface area contributed by atoms with Crippen LogP contribution in [-0.2, 0) is 6.18 Å². The summed E-state index contributed by atoms with van der Waals surface area (Å²) in [5.41, 5.74) is -0.449. The van der Waals surface area contributed by atoms with Gasteiger partial charge in [0.1, 0.15) is 5.82 Å². The minimum Gasteiger partial charge on any atom is -0.207 e. The largest absolute Gasteiger partial charge is 0.416 e. The number of halogens is 5. The highest BCUT2D eigenvalue weighted by atomic mass is 35.5. The average Bonchev–Trinajstić information content (AvgIpc) is 2.40. The molecule has 0 aromatic heterocycles. The first kappa shape index (κ1) is 14.4. The quantitative estimate of drug-likeness (QED) is 0.505. The van der Waals surface area contributed by atoms with Crippen LogP contribution in [0.3, 0.4) is 0 Å². The molecule has 102 valence electrons. The van der Waals surface area contributed by atoms with Gasteiger partial charge in [-0.05, 0) is 42.0 Å². The van der Waals surface area contributed by atoms with Crippen LogP contribution in [0.4, 0.5) is 17.6 Å². The topological polar surface area (TPSA) is 0 Å². The molecular formula is C15H7ClF4. The fraction of sp³-hybridized carbons (Fsp3) is 0.0667. The lowest BCUT2D eigenvalue weighted by atomic mass is 9.97. The van der Waals surface area contributed by atoms with Crippen LogP contribution >= 0.6 is 11.6 Å². The van der Waals surface area contributed by atoms with Gasteiger partial charge in [-0.3, -0.25) is 0 Å². The summed E-state index contributed by atoms with van der Waals surface area (Å²) >= 11 is 5.91. The Balaban J connectivity index is 2.72. The second-order valence-electron chi connectivity index (χ2n) is 4.03. The molecule has 2 aromatic rings. The van der Waals surface area contributed by atoms with E-state index < -0.39 is 17.6 Å². The lowest BCUT2D eigenvalue weighted by Gasteiger charge is -2.12. The van der Waals surface area contributed by atoms with E-state index in [0.717, 1.165) is 24.3 Å². The zero-order valence-electron chi connectivity index (χ0n) is 9.93. The van der Waals surface area contributed by atoms with Crippen molar-refractivity contribution in [2.75, 3.05) is 0 Å². The summed E-state index contributed by atoms with van der Waals surface area (Å²) in [6, 6.07) is 6.36. The van der Waals surface area contributed by atoms with Crippen molar-refractivity contribution in [1.29, 1.82) is 0 Å². The number of alkyl halides is 3. The van der Waals surface area contributed by atoms with Gasteiger partial charge in [0.2, 0.25) is 0 Å². The van der Waals surface area contributed by atoms with E-state index in [9.17, 15) is 17.6 Å². The zero-order valence-corrected chi connectivity index (χ0v) is 10.7. The van der Waals surface area contributed by atoms with Crippen LogP contribution in [0.2, 0.25) is 5.02 Å². The Morgan fingerprint density at radius 2 is 1.70 bits per heavy atom. The van der Waals surface area contributed by atoms with Gasteiger partial charge in [0, 0.05) is 16.1 Å². The van der Waals surface area contributed by atoms with Crippen LogP contribution in [0, 0.1) is 18.2 Å². The van der Waals surface area contributed by atoms with Gasteiger partial charge in [-0.25, -0.2) is 4.39 Å². The van der Waals surface area contributed by atoms with Crippen LogP contribution in [0.15, 0.2) is 36.4 Å². The Morgan fingerprint density at radius 3 is 2.30 bits per heavy atom. The third-order valence-corrected chi connectivity index (χ3v) is 3.05. The van der Waals surface area contributed by atoms with Crippen molar-refractivity contribution in [2.24, 2.45) is 0 Å². The fourth-order valence-electron chi connectivity index (χ4n) is 1.77. The van der Waals surface area contributed by atoms with E-state index >= 15 is 0 Å². The normalized spacial score (nSPS) is 11.2. The molecule has 20 heavy (non-hydrogen) atoms. The van der Waals surface area contributed by atoms with E-state index in [0.29, 0.717) is 0 Å². The number of rotatable bonds is 1. The molecule has 0 amide bonds. The Hall–Kier alpha value is -1.99. The molecule has 0 aliphatic carbocycles. The van der Waals surface area contributed by atoms with Gasteiger partial charge in [0.25, 0.3) is 0 Å². The minimum atomic E-state index is -4.51. The van der Waals surface area contributed by atoms with Gasteiger partial charge >= 0.3 is 6.18 Å². The van der Waals surface area contributed by atoms with Gasteiger partial charge in [0.15, 0.2) is 0 Å². The standard InChI is InChI=1S/C15H7ClF4/c1-2-9-3-4-10(15(18,19)20)7-12(9)13-8-11(17)5-6-14(13)16/h1,3-8H. The zero-order chi connectivity index (χ0) is 14.9. The fourth-order valence-corrected chi connectivity index (χ4v) is 1.99. The maximum Gasteiger partial charge on any atom is 0.416 e. The van der Waals surface area contributed by atoms with Crippen molar-refractivity contribution in [2.45, 2.75) is 6.18 Å². The molecule has 0 fully saturated rings. The predicted octanol–water partition coefficient (Wildman–Crippen LogP) is 5.15. The van der Waals surface area contributed by atoms with Crippen molar-refractivity contribution in [3.63, 3.8) is 0 Å². The van der Waals surface area contributed by atoms with E-state index in [1.54, 1.807) is 0 Å². The highest BCUT2D eigenvalue weighted by molar-refractivity contribution is 6.33. The lowest BCUT2D eigenvalue weighted by molar-refractivity contribution is -0.137. The number of benzene rings is 2. The van der Waals surface area contributed by atoms with E-state index in [1.165, 1.54) is 12.1 Å². The first-order valence-electron chi connectivity index (χ1n) is 5.46. The molecule has 0 aliphatic rings. The summed E-state index contributed by atoms with van der Waals surface area (Å²) in [5, 5.41) is 0.127. The smallest absolute Gasteiger partial charge is 0.207 e. The summed E-state index contributed by atoms with van der Waals surface area (Å²) in [6.07, 6.45) is 0.755. The Bertz CT molecular complexity index is 696.